The molecule has 0 heterocycles. The summed E-state index contributed by atoms with van der Waals surface area (Å²) in [5, 5.41) is 19.7. The van der Waals surface area contributed by atoms with E-state index in [1.54, 1.807) is 19.1 Å². The molecule has 0 aromatic heterocycles. The van der Waals surface area contributed by atoms with Gasteiger partial charge in [-0.3, -0.25) is 0 Å². The first kappa shape index (κ1) is 44.3. The van der Waals surface area contributed by atoms with Crippen molar-refractivity contribution in [2.24, 2.45) is 0 Å². The van der Waals surface area contributed by atoms with Gasteiger partial charge in [0.05, 0.1) is 79.3 Å². The molecule has 2 rings (SSSR count). The van der Waals surface area contributed by atoms with Crippen LogP contribution in [0.3, 0.4) is 0 Å². The van der Waals surface area contributed by atoms with Crippen LogP contribution in [0.5, 0.6) is 11.5 Å². The van der Waals surface area contributed by atoms with Crippen molar-refractivity contribution in [2.75, 3.05) is 98.2 Å². The van der Waals surface area contributed by atoms with Crippen LogP contribution in [0.4, 0.5) is 0 Å². The van der Waals surface area contributed by atoms with E-state index in [1.165, 1.54) is 56.3 Å². The zero-order valence-corrected chi connectivity index (χ0v) is 31.6. The number of ether oxygens (including phenoxy) is 7. The van der Waals surface area contributed by atoms with E-state index in [9.17, 15) is 10.2 Å². The van der Waals surface area contributed by atoms with Gasteiger partial charge in [0.1, 0.15) is 11.5 Å². The Bertz CT molecular complexity index is 1030. The lowest BCUT2D eigenvalue weighted by Gasteiger charge is -2.09. The van der Waals surface area contributed by atoms with Crippen LogP contribution in [0.15, 0.2) is 42.5 Å². The fraction of sp³-hybridized carbons (Fsp3) is 0.700. The predicted octanol–water partition coefficient (Wildman–Crippen LogP) is 7.90. The van der Waals surface area contributed by atoms with Crippen molar-refractivity contribution >= 4 is 11.8 Å². The molecule has 0 saturated heterocycles. The van der Waals surface area contributed by atoms with Crippen LogP contribution < -0.4 is 0 Å². The Balaban J connectivity index is 1.15. The van der Waals surface area contributed by atoms with Crippen molar-refractivity contribution in [3.8, 4) is 11.5 Å². The molecule has 0 aliphatic heterocycles. The summed E-state index contributed by atoms with van der Waals surface area (Å²) in [6.45, 7) is 9.80. The highest BCUT2D eigenvalue weighted by molar-refractivity contribution is 7.98. The standard InChI is InChI=1S/C40H66O9S/c1-36-33-40(42)38(34-39(36)41)17-11-13-19-44-21-23-46-25-27-48-29-31-49-30-28-47-26-24-45-22-20-43-18-12-6-4-2-3-5-7-14-32-50-35-37-15-9-8-10-16-37/h8-10,15-16,33-34,41-42H,2-7,11-14,17-32,35H2,1H3. The Kier molecular flexibility index (Phi) is 29.2. The molecule has 0 saturated carbocycles. The third-order valence-electron chi connectivity index (χ3n) is 8.05. The summed E-state index contributed by atoms with van der Waals surface area (Å²) >= 11 is 2.05. The lowest BCUT2D eigenvalue weighted by atomic mass is 10.0. The molecule has 0 atom stereocenters. The average Bonchev–Trinajstić information content (AvgIpc) is 3.12. The summed E-state index contributed by atoms with van der Waals surface area (Å²) in [6.07, 6.45) is 12.9. The topological polar surface area (TPSA) is 105 Å². The minimum atomic E-state index is 0.218. The second-order valence-electron chi connectivity index (χ2n) is 12.4. The van der Waals surface area contributed by atoms with Gasteiger partial charge in [0, 0.05) is 19.0 Å². The van der Waals surface area contributed by atoms with Crippen LogP contribution in [-0.2, 0) is 45.3 Å². The fourth-order valence-electron chi connectivity index (χ4n) is 5.10. The summed E-state index contributed by atoms with van der Waals surface area (Å²) in [4.78, 5) is 0. The van der Waals surface area contributed by atoms with Gasteiger partial charge >= 0.3 is 0 Å². The Labute approximate surface area is 306 Å². The number of phenols is 2. The van der Waals surface area contributed by atoms with Crippen LogP contribution in [0.1, 0.15) is 80.9 Å². The van der Waals surface area contributed by atoms with Crippen molar-refractivity contribution in [2.45, 2.75) is 83.3 Å². The molecule has 0 unspecified atom stereocenters. The maximum atomic E-state index is 9.96. The van der Waals surface area contributed by atoms with E-state index in [0.717, 1.165) is 37.2 Å². The summed E-state index contributed by atoms with van der Waals surface area (Å²) < 4.78 is 38.9. The Hall–Kier alpha value is -1.89. The van der Waals surface area contributed by atoms with E-state index >= 15 is 0 Å². The Morgan fingerprint density at radius 3 is 1.38 bits per heavy atom. The molecule has 0 amide bonds. The van der Waals surface area contributed by atoms with Crippen molar-refractivity contribution in [3.63, 3.8) is 0 Å². The second kappa shape index (κ2) is 33.0. The molecule has 0 aliphatic carbocycles. The van der Waals surface area contributed by atoms with Crippen molar-refractivity contribution in [1.29, 1.82) is 0 Å². The number of phenolic OH excluding ortho intramolecular Hbond substituents is 2. The number of hydrogen-bond acceptors (Lipinski definition) is 10. The number of hydrogen-bond donors (Lipinski definition) is 2. The molecular weight excluding hydrogens is 656 g/mol. The first-order valence-corrected chi connectivity index (χ1v) is 20.0. The average molecular weight is 723 g/mol. The normalized spacial score (nSPS) is 11.5. The minimum Gasteiger partial charge on any atom is -0.508 e. The first-order chi connectivity index (χ1) is 24.7. The molecule has 0 bridgehead atoms. The van der Waals surface area contributed by atoms with Crippen LogP contribution in [-0.4, -0.2) is 108 Å². The number of unbranched alkanes of at least 4 members (excludes halogenated alkanes) is 8. The summed E-state index contributed by atoms with van der Waals surface area (Å²) in [7, 11) is 0. The highest BCUT2D eigenvalue weighted by Gasteiger charge is 2.06. The molecule has 9 nitrogen and oxygen atoms in total. The molecule has 2 N–H and O–H groups in total. The molecule has 10 heteroatoms. The van der Waals surface area contributed by atoms with Gasteiger partial charge in [-0.2, -0.15) is 11.8 Å². The molecule has 0 radical (unpaired) electrons. The molecule has 0 spiro atoms. The van der Waals surface area contributed by atoms with Gasteiger partial charge in [0.25, 0.3) is 0 Å². The molecule has 2 aromatic carbocycles. The van der Waals surface area contributed by atoms with E-state index in [0.29, 0.717) is 97.9 Å². The van der Waals surface area contributed by atoms with E-state index in [1.807, 2.05) is 0 Å². The lowest BCUT2D eigenvalue weighted by Crippen LogP contribution is -2.14. The Morgan fingerprint density at radius 2 is 0.880 bits per heavy atom. The first-order valence-electron chi connectivity index (χ1n) is 18.8. The number of thioether (sulfide) groups is 1. The van der Waals surface area contributed by atoms with E-state index in [-0.39, 0.29) is 11.5 Å². The maximum absolute atomic E-state index is 9.96. The number of aromatic hydroxyl groups is 2. The van der Waals surface area contributed by atoms with Crippen LogP contribution in [0, 0.1) is 6.92 Å². The highest BCUT2D eigenvalue weighted by Crippen LogP contribution is 2.27. The second-order valence-corrected chi connectivity index (χ2v) is 13.5. The third-order valence-corrected chi connectivity index (χ3v) is 9.17. The summed E-state index contributed by atoms with van der Waals surface area (Å²) in [5.74, 6) is 2.86. The summed E-state index contributed by atoms with van der Waals surface area (Å²) in [6, 6.07) is 14.0. The zero-order valence-electron chi connectivity index (χ0n) is 30.8. The minimum absolute atomic E-state index is 0.218. The molecule has 2 aromatic rings. The number of aryl methyl sites for hydroxylation is 2. The smallest absolute Gasteiger partial charge is 0.119 e. The van der Waals surface area contributed by atoms with Crippen LogP contribution >= 0.6 is 11.8 Å². The van der Waals surface area contributed by atoms with Crippen molar-refractivity contribution < 1.29 is 43.4 Å². The quantitative estimate of drug-likeness (QED) is 0.0533. The molecule has 50 heavy (non-hydrogen) atoms. The van der Waals surface area contributed by atoms with Crippen LogP contribution in [0.25, 0.3) is 0 Å². The predicted molar refractivity (Wildman–Crippen MR) is 203 cm³/mol. The molecular formula is C40H66O9S. The van der Waals surface area contributed by atoms with E-state index in [4.69, 9.17) is 33.2 Å². The van der Waals surface area contributed by atoms with Gasteiger partial charge in [-0.25, -0.2) is 0 Å². The lowest BCUT2D eigenvalue weighted by molar-refractivity contribution is -0.0206. The van der Waals surface area contributed by atoms with Gasteiger partial charge in [0.15, 0.2) is 0 Å². The van der Waals surface area contributed by atoms with E-state index in [2.05, 4.69) is 42.1 Å². The number of rotatable bonds is 36. The molecule has 286 valence electrons. The third kappa shape index (κ3) is 26.0. The van der Waals surface area contributed by atoms with Crippen LogP contribution in [0.2, 0.25) is 0 Å². The Morgan fingerprint density at radius 1 is 0.460 bits per heavy atom. The maximum Gasteiger partial charge on any atom is 0.119 e. The fourth-order valence-corrected chi connectivity index (χ4v) is 6.08. The van der Waals surface area contributed by atoms with Gasteiger partial charge in [-0.05, 0) is 73.6 Å². The largest absolute Gasteiger partial charge is 0.508 e. The number of benzene rings is 2. The summed E-state index contributed by atoms with van der Waals surface area (Å²) in [5.41, 5.74) is 2.87. The van der Waals surface area contributed by atoms with Gasteiger partial charge in [0.2, 0.25) is 0 Å². The van der Waals surface area contributed by atoms with Gasteiger partial charge < -0.3 is 43.4 Å². The zero-order chi connectivity index (χ0) is 35.6. The highest BCUT2D eigenvalue weighted by atomic mass is 32.2. The van der Waals surface area contributed by atoms with Crippen molar-refractivity contribution in [1.82, 2.24) is 0 Å². The molecule has 0 fully saturated rings. The van der Waals surface area contributed by atoms with E-state index < -0.39 is 0 Å². The van der Waals surface area contributed by atoms with Gasteiger partial charge in [-0.1, -0.05) is 68.9 Å². The monoisotopic (exact) mass is 722 g/mol. The SMILES string of the molecule is Cc1cc(O)c(CCCCOCCOCCOCCOCCOCCOCCOCCCCCCCCCCSCc2ccccc2)cc1O. The van der Waals surface area contributed by atoms with Crippen molar-refractivity contribution in [3.05, 3.63) is 59.2 Å². The van der Waals surface area contributed by atoms with Gasteiger partial charge in [-0.15, -0.1) is 0 Å². The molecule has 0 aliphatic rings.